The van der Waals surface area contributed by atoms with Gasteiger partial charge in [0.2, 0.25) is 11.8 Å². The van der Waals surface area contributed by atoms with Gasteiger partial charge in [-0.25, -0.2) is 4.39 Å². The number of benzene rings is 1. The molecule has 1 aromatic rings. The van der Waals surface area contributed by atoms with Crippen molar-refractivity contribution < 1.29 is 23.5 Å². The Kier molecular flexibility index (Phi) is 5.77. The van der Waals surface area contributed by atoms with E-state index in [0.29, 0.717) is 38.8 Å². The van der Waals surface area contributed by atoms with E-state index in [4.69, 9.17) is 10.5 Å². The third-order valence-corrected chi connectivity index (χ3v) is 6.68. The van der Waals surface area contributed by atoms with E-state index in [-0.39, 0.29) is 35.8 Å². The summed E-state index contributed by atoms with van der Waals surface area (Å²) in [6.07, 6.45) is 5.28. The fourth-order valence-electron chi connectivity index (χ4n) is 5.02. The first-order chi connectivity index (χ1) is 14.4. The predicted molar refractivity (Wildman–Crippen MR) is 107 cm³/mol. The molecular formula is C22H28FN3O4. The number of hydrogen-bond donors (Lipinski definition) is 1. The number of likely N-dealkylation sites (tertiary alicyclic amines) is 1. The van der Waals surface area contributed by atoms with Gasteiger partial charge in [0.15, 0.2) is 0 Å². The molecule has 2 heterocycles. The fourth-order valence-corrected chi connectivity index (χ4v) is 5.02. The van der Waals surface area contributed by atoms with E-state index in [1.54, 1.807) is 15.9 Å². The summed E-state index contributed by atoms with van der Waals surface area (Å²) < 4.78 is 19.9. The zero-order chi connectivity index (χ0) is 21.3. The van der Waals surface area contributed by atoms with Crippen LogP contribution in [0.3, 0.4) is 0 Å². The molecule has 30 heavy (non-hydrogen) atoms. The third kappa shape index (κ3) is 3.80. The van der Waals surface area contributed by atoms with Gasteiger partial charge in [-0.1, -0.05) is 12.5 Å². The molecule has 4 rings (SSSR count). The number of nitrogens with zero attached hydrogens (tertiary/aromatic N) is 2. The molecule has 2 aliphatic heterocycles. The Balaban J connectivity index is 1.59. The smallest absolute Gasteiger partial charge is 0.256 e. The van der Waals surface area contributed by atoms with E-state index < -0.39 is 17.6 Å². The van der Waals surface area contributed by atoms with Crippen LogP contribution in [0.2, 0.25) is 0 Å². The SMILES string of the molecule is NC(=O)C1CCN(C(=O)C2COC3(CCCCC3)N2C(=O)c2cccc(F)c2)CC1. The molecule has 1 unspecified atom stereocenters. The zero-order valence-corrected chi connectivity index (χ0v) is 17.0. The minimum atomic E-state index is -0.812. The number of ether oxygens (including phenoxy) is 1. The van der Waals surface area contributed by atoms with E-state index >= 15 is 0 Å². The van der Waals surface area contributed by atoms with Crippen molar-refractivity contribution in [2.45, 2.75) is 56.7 Å². The van der Waals surface area contributed by atoms with Gasteiger partial charge < -0.3 is 15.4 Å². The molecule has 0 bridgehead atoms. The lowest BCUT2D eigenvalue weighted by molar-refractivity contribution is -0.140. The summed E-state index contributed by atoms with van der Waals surface area (Å²) in [6.45, 7) is 0.992. The van der Waals surface area contributed by atoms with Crippen LogP contribution in [-0.4, -0.2) is 59.0 Å². The Morgan fingerprint density at radius 1 is 1.10 bits per heavy atom. The molecule has 0 aromatic heterocycles. The van der Waals surface area contributed by atoms with Gasteiger partial charge in [0, 0.05) is 24.6 Å². The number of amides is 3. The summed E-state index contributed by atoms with van der Waals surface area (Å²) in [5, 5.41) is 0. The van der Waals surface area contributed by atoms with Crippen LogP contribution in [0.4, 0.5) is 4.39 Å². The molecule has 7 nitrogen and oxygen atoms in total. The predicted octanol–water partition coefficient (Wildman–Crippen LogP) is 2.05. The van der Waals surface area contributed by atoms with Crippen molar-refractivity contribution in [3.63, 3.8) is 0 Å². The summed E-state index contributed by atoms with van der Waals surface area (Å²) in [5.41, 5.74) is 4.80. The van der Waals surface area contributed by atoms with Crippen LogP contribution in [0.1, 0.15) is 55.3 Å². The summed E-state index contributed by atoms with van der Waals surface area (Å²) in [7, 11) is 0. The zero-order valence-electron chi connectivity index (χ0n) is 17.0. The molecule has 3 amide bonds. The third-order valence-electron chi connectivity index (χ3n) is 6.68. The number of carbonyl (C=O) groups is 3. The molecule has 2 N–H and O–H groups in total. The molecule has 2 saturated heterocycles. The van der Waals surface area contributed by atoms with Crippen molar-refractivity contribution in [2.75, 3.05) is 19.7 Å². The molecule has 1 spiro atoms. The quantitative estimate of drug-likeness (QED) is 0.815. The van der Waals surface area contributed by atoms with Crippen LogP contribution in [0.5, 0.6) is 0 Å². The lowest BCUT2D eigenvalue weighted by atomic mass is 9.89. The van der Waals surface area contributed by atoms with Gasteiger partial charge >= 0.3 is 0 Å². The Labute approximate surface area is 175 Å². The maximum Gasteiger partial charge on any atom is 0.256 e. The Morgan fingerprint density at radius 3 is 2.43 bits per heavy atom. The van der Waals surface area contributed by atoms with Gasteiger partial charge in [0.1, 0.15) is 17.6 Å². The molecule has 1 aliphatic carbocycles. The highest BCUT2D eigenvalue weighted by atomic mass is 19.1. The van der Waals surface area contributed by atoms with Crippen LogP contribution >= 0.6 is 0 Å². The van der Waals surface area contributed by atoms with Gasteiger partial charge in [-0.15, -0.1) is 0 Å². The second kappa shape index (κ2) is 8.34. The molecule has 1 aromatic carbocycles. The number of halogens is 1. The maximum atomic E-state index is 13.8. The van der Waals surface area contributed by atoms with Crippen molar-refractivity contribution in [1.82, 2.24) is 9.80 Å². The largest absolute Gasteiger partial charge is 0.369 e. The molecule has 8 heteroatoms. The highest BCUT2D eigenvalue weighted by molar-refractivity contribution is 5.98. The standard InChI is InChI=1S/C22H28FN3O4/c23-17-6-4-5-16(13-17)20(28)26-18(14-30-22(26)9-2-1-3-10-22)21(29)25-11-7-15(8-12-25)19(24)27/h4-6,13,15,18H,1-3,7-12,14H2,(H2,24,27). The van der Waals surface area contributed by atoms with Crippen molar-refractivity contribution in [3.8, 4) is 0 Å². The van der Waals surface area contributed by atoms with E-state index in [9.17, 15) is 18.8 Å². The minimum Gasteiger partial charge on any atom is -0.369 e. The number of piperidine rings is 1. The van der Waals surface area contributed by atoms with Crippen LogP contribution < -0.4 is 5.73 Å². The average molecular weight is 417 g/mol. The monoisotopic (exact) mass is 417 g/mol. The van der Waals surface area contributed by atoms with Gasteiger partial charge in [-0.05, 0) is 56.7 Å². The second-order valence-corrected chi connectivity index (χ2v) is 8.52. The van der Waals surface area contributed by atoms with Crippen LogP contribution in [0.25, 0.3) is 0 Å². The lowest BCUT2D eigenvalue weighted by Crippen LogP contribution is -2.57. The van der Waals surface area contributed by atoms with Crippen molar-refractivity contribution in [2.24, 2.45) is 11.7 Å². The Bertz CT molecular complexity index is 831. The van der Waals surface area contributed by atoms with Gasteiger partial charge in [-0.3, -0.25) is 19.3 Å². The summed E-state index contributed by atoms with van der Waals surface area (Å²) >= 11 is 0. The van der Waals surface area contributed by atoms with E-state index in [1.807, 2.05) is 0 Å². The topological polar surface area (TPSA) is 92.9 Å². The number of hydrogen-bond acceptors (Lipinski definition) is 4. The molecule has 0 radical (unpaired) electrons. The van der Waals surface area contributed by atoms with Gasteiger partial charge in [0.25, 0.3) is 5.91 Å². The van der Waals surface area contributed by atoms with E-state index in [0.717, 1.165) is 19.3 Å². The number of rotatable bonds is 3. The minimum absolute atomic E-state index is 0.135. The Hall–Kier alpha value is -2.48. The van der Waals surface area contributed by atoms with Crippen LogP contribution in [0.15, 0.2) is 24.3 Å². The first-order valence-corrected chi connectivity index (χ1v) is 10.7. The summed E-state index contributed by atoms with van der Waals surface area (Å²) in [5.74, 6) is -1.60. The summed E-state index contributed by atoms with van der Waals surface area (Å²) in [4.78, 5) is 41.5. The van der Waals surface area contributed by atoms with Crippen LogP contribution in [0, 0.1) is 11.7 Å². The van der Waals surface area contributed by atoms with Gasteiger partial charge in [0.05, 0.1) is 6.61 Å². The van der Waals surface area contributed by atoms with Crippen molar-refractivity contribution >= 4 is 17.7 Å². The lowest BCUT2D eigenvalue weighted by Gasteiger charge is -2.42. The molecule has 1 saturated carbocycles. The summed E-state index contributed by atoms with van der Waals surface area (Å²) in [6, 6.07) is 4.82. The highest BCUT2D eigenvalue weighted by Gasteiger charge is 2.53. The second-order valence-electron chi connectivity index (χ2n) is 8.52. The molecule has 1 atom stereocenters. The molecule has 162 valence electrons. The van der Waals surface area contributed by atoms with Crippen molar-refractivity contribution in [1.29, 1.82) is 0 Å². The number of nitrogens with two attached hydrogens (primary N) is 1. The highest BCUT2D eigenvalue weighted by Crippen LogP contribution is 2.42. The number of primary amides is 1. The molecule has 3 aliphatic rings. The normalized spacial score (nSPS) is 24.2. The first-order valence-electron chi connectivity index (χ1n) is 10.7. The number of carbonyl (C=O) groups excluding carboxylic acids is 3. The van der Waals surface area contributed by atoms with Crippen molar-refractivity contribution in [3.05, 3.63) is 35.6 Å². The van der Waals surface area contributed by atoms with E-state index in [2.05, 4.69) is 0 Å². The molecular weight excluding hydrogens is 389 g/mol. The van der Waals surface area contributed by atoms with Gasteiger partial charge in [-0.2, -0.15) is 0 Å². The Morgan fingerprint density at radius 2 is 1.80 bits per heavy atom. The first kappa shape index (κ1) is 20.8. The molecule has 3 fully saturated rings. The van der Waals surface area contributed by atoms with Crippen LogP contribution in [-0.2, 0) is 14.3 Å². The fraction of sp³-hybridized carbons (Fsp3) is 0.591. The average Bonchev–Trinajstić information content (AvgIpc) is 3.11. The maximum absolute atomic E-state index is 13.8. The van der Waals surface area contributed by atoms with E-state index in [1.165, 1.54) is 18.2 Å².